The number of anilines is 1. The van der Waals surface area contributed by atoms with Crippen molar-refractivity contribution < 1.29 is 9.90 Å². The molecule has 1 aromatic heterocycles. The molecule has 0 unspecified atom stereocenters. The topological polar surface area (TPSA) is 74.2 Å². The van der Waals surface area contributed by atoms with Gasteiger partial charge in [0.25, 0.3) is 5.91 Å². The number of nitrogens with zero attached hydrogens (tertiary/aromatic N) is 1. The third kappa shape index (κ3) is 4.82. The zero-order chi connectivity index (χ0) is 15.1. The average Bonchev–Trinajstić information content (AvgIpc) is 2.85. The number of carbonyl (C=O) groups is 1. The largest absolute Gasteiger partial charge is 0.388 e. The van der Waals surface area contributed by atoms with Crippen molar-refractivity contribution in [2.45, 2.75) is 44.1 Å². The molecule has 0 aliphatic heterocycles. The smallest absolute Gasteiger partial charge is 0.263 e. The molecular formula is C15H23N3O2S. The summed E-state index contributed by atoms with van der Waals surface area (Å²) in [4.78, 5) is 16.8. The Hall–Kier alpha value is -1.40. The molecule has 0 radical (unpaired) electrons. The van der Waals surface area contributed by atoms with Gasteiger partial charge in [-0.05, 0) is 12.8 Å². The van der Waals surface area contributed by atoms with Crippen LogP contribution in [-0.2, 0) is 0 Å². The first-order valence-corrected chi connectivity index (χ1v) is 8.26. The van der Waals surface area contributed by atoms with Gasteiger partial charge in [0.2, 0.25) is 0 Å². The van der Waals surface area contributed by atoms with Crippen molar-refractivity contribution in [3.8, 4) is 0 Å². The first-order valence-electron chi connectivity index (χ1n) is 7.44. The number of aliphatic hydroxyl groups is 1. The highest BCUT2D eigenvalue weighted by molar-refractivity contribution is 7.17. The Morgan fingerprint density at radius 1 is 1.43 bits per heavy atom. The van der Waals surface area contributed by atoms with Gasteiger partial charge in [-0.25, -0.2) is 4.98 Å². The second kappa shape index (κ2) is 7.56. The Balaban J connectivity index is 1.85. The fourth-order valence-electron chi connectivity index (χ4n) is 2.52. The van der Waals surface area contributed by atoms with Crippen molar-refractivity contribution in [2.24, 2.45) is 0 Å². The summed E-state index contributed by atoms with van der Waals surface area (Å²) in [5, 5.41) is 17.1. The van der Waals surface area contributed by atoms with Crippen molar-refractivity contribution in [3.63, 3.8) is 0 Å². The first-order chi connectivity index (χ1) is 10.1. The lowest BCUT2D eigenvalue weighted by Crippen LogP contribution is -2.42. The maximum atomic E-state index is 12.1. The molecule has 1 aliphatic carbocycles. The summed E-state index contributed by atoms with van der Waals surface area (Å²) in [6, 6.07) is 0. The Morgan fingerprint density at radius 3 is 2.81 bits per heavy atom. The molecule has 1 saturated carbocycles. The molecule has 21 heavy (non-hydrogen) atoms. The minimum absolute atomic E-state index is 0.170. The number of aromatic nitrogens is 1. The summed E-state index contributed by atoms with van der Waals surface area (Å²) in [5.41, 5.74) is -0.749. The van der Waals surface area contributed by atoms with Crippen LogP contribution < -0.4 is 10.6 Å². The maximum Gasteiger partial charge on any atom is 0.263 e. The molecule has 1 aliphatic rings. The fourth-order valence-corrected chi connectivity index (χ4v) is 3.26. The van der Waals surface area contributed by atoms with Crippen LogP contribution in [0.1, 0.15) is 48.2 Å². The number of thiazole rings is 1. The Kier molecular flexibility index (Phi) is 5.76. The molecule has 0 saturated heterocycles. The van der Waals surface area contributed by atoms with Crippen molar-refractivity contribution in [1.82, 2.24) is 10.3 Å². The van der Waals surface area contributed by atoms with Crippen LogP contribution >= 0.6 is 11.3 Å². The molecule has 2 rings (SSSR count). The molecule has 0 atom stereocenters. The van der Waals surface area contributed by atoms with Crippen LogP contribution in [-0.4, -0.2) is 34.7 Å². The number of rotatable bonds is 6. The maximum absolute atomic E-state index is 12.1. The van der Waals surface area contributed by atoms with Crippen LogP contribution in [0.15, 0.2) is 18.9 Å². The number of carbonyl (C=O) groups excluding carboxylic acids is 1. The van der Waals surface area contributed by atoms with E-state index in [1.165, 1.54) is 24.2 Å². The van der Waals surface area contributed by atoms with Crippen LogP contribution in [0.5, 0.6) is 0 Å². The first kappa shape index (κ1) is 16.0. The molecule has 1 aromatic rings. The van der Waals surface area contributed by atoms with E-state index in [-0.39, 0.29) is 5.91 Å². The van der Waals surface area contributed by atoms with Crippen LogP contribution in [0.4, 0.5) is 5.13 Å². The van der Waals surface area contributed by atoms with Crippen LogP contribution in [0.2, 0.25) is 0 Å². The second-order valence-electron chi connectivity index (χ2n) is 5.52. The van der Waals surface area contributed by atoms with E-state index < -0.39 is 5.60 Å². The summed E-state index contributed by atoms with van der Waals surface area (Å²) < 4.78 is 0. The Bertz CT molecular complexity index is 479. The standard InChI is InChI=1S/C15H23N3O2S/c1-2-9-16-14-17-10-12(21-14)13(19)18-11-15(20)7-5-3-4-6-8-15/h2,10,20H,1,3-9,11H2,(H,16,17)(H,18,19). The number of nitrogens with one attached hydrogen (secondary N) is 2. The van der Waals surface area contributed by atoms with E-state index >= 15 is 0 Å². The zero-order valence-corrected chi connectivity index (χ0v) is 13.0. The van der Waals surface area contributed by atoms with Gasteiger partial charge in [-0.1, -0.05) is 43.1 Å². The van der Waals surface area contributed by atoms with E-state index in [1.807, 2.05) is 0 Å². The number of hydrogen-bond donors (Lipinski definition) is 3. The van der Waals surface area contributed by atoms with Gasteiger partial charge in [-0.2, -0.15) is 0 Å². The van der Waals surface area contributed by atoms with Gasteiger partial charge < -0.3 is 15.7 Å². The normalized spacial score (nSPS) is 17.8. The highest BCUT2D eigenvalue weighted by Crippen LogP contribution is 2.26. The molecule has 5 nitrogen and oxygen atoms in total. The molecule has 1 amide bonds. The van der Waals surface area contributed by atoms with E-state index in [1.54, 1.807) is 12.3 Å². The van der Waals surface area contributed by atoms with Gasteiger partial charge >= 0.3 is 0 Å². The molecule has 116 valence electrons. The Labute approximate surface area is 129 Å². The van der Waals surface area contributed by atoms with Gasteiger partial charge in [0.15, 0.2) is 5.13 Å². The zero-order valence-electron chi connectivity index (χ0n) is 12.2. The fraction of sp³-hybridized carbons (Fsp3) is 0.600. The quantitative estimate of drug-likeness (QED) is 0.558. The van der Waals surface area contributed by atoms with Crippen molar-refractivity contribution in [2.75, 3.05) is 18.4 Å². The summed E-state index contributed by atoms with van der Waals surface area (Å²) >= 11 is 1.31. The van der Waals surface area contributed by atoms with Crippen molar-refractivity contribution in [3.05, 3.63) is 23.7 Å². The monoisotopic (exact) mass is 309 g/mol. The third-order valence-electron chi connectivity index (χ3n) is 3.74. The molecular weight excluding hydrogens is 286 g/mol. The average molecular weight is 309 g/mol. The predicted molar refractivity (Wildman–Crippen MR) is 85.8 cm³/mol. The molecule has 6 heteroatoms. The lowest BCUT2D eigenvalue weighted by molar-refractivity contribution is 0.0247. The van der Waals surface area contributed by atoms with Gasteiger partial charge in [0.05, 0.1) is 11.8 Å². The predicted octanol–water partition coefficient (Wildman–Crippen LogP) is 2.56. The van der Waals surface area contributed by atoms with Crippen molar-refractivity contribution in [1.29, 1.82) is 0 Å². The summed E-state index contributed by atoms with van der Waals surface area (Å²) in [6.07, 6.45) is 9.23. The molecule has 0 aromatic carbocycles. The molecule has 3 N–H and O–H groups in total. The minimum Gasteiger partial charge on any atom is -0.388 e. The number of hydrogen-bond acceptors (Lipinski definition) is 5. The highest BCUT2D eigenvalue weighted by atomic mass is 32.1. The van der Waals surface area contributed by atoms with Gasteiger partial charge in [-0.15, -0.1) is 6.58 Å². The van der Waals surface area contributed by atoms with Crippen LogP contribution in [0, 0.1) is 0 Å². The van der Waals surface area contributed by atoms with E-state index in [9.17, 15) is 9.90 Å². The molecule has 1 fully saturated rings. The summed E-state index contributed by atoms with van der Waals surface area (Å²) in [5.74, 6) is -0.170. The van der Waals surface area contributed by atoms with E-state index in [2.05, 4.69) is 22.2 Å². The number of amides is 1. The van der Waals surface area contributed by atoms with E-state index in [0.717, 1.165) is 25.7 Å². The lowest BCUT2D eigenvalue weighted by atomic mass is 9.94. The van der Waals surface area contributed by atoms with Gasteiger partial charge in [-0.3, -0.25) is 4.79 Å². The third-order valence-corrected chi connectivity index (χ3v) is 4.69. The van der Waals surface area contributed by atoms with Crippen LogP contribution in [0.25, 0.3) is 0 Å². The SMILES string of the molecule is C=CCNc1ncc(C(=O)NCC2(O)CCCCCC2)s1. The highest BCUT2D eigenvalue weighted by Gasteiger charge is 2.28. The molecule has 0 spiro atoms. The van der Waals surface area contributed by atoms with E-state index in [4.69, 9.17) is 0 Å². The van der Waals surface area contributed by atoms with Crippen molar-refractivity contribution >= 4 is 22.4 Å². The van der Waals surface area contributed by atoms with Gasteiger partial charge in [0.1, 0.15) is 4.88 Å². The van der Waals surface area contributed by atoms with E-state index in [0.29, 0.717) is 23.1 Å². The molecule has 1 heterocycles. The Morgan fingerprint density at radius 2 is 2.14 bits per heavy atom. The molecule has 0 bridgehead atoms. The minimum atomic E-state index is -0.749. The second-order valence-corrected chi connectivity index (χ2v) is 6.55. The van der Waals surface area contributed by atoms with Gasteiger partial charge in [0, 0.05) is 13.1 Å². The summed E-state index contributed by atoms with van der Waals surface area (Å²) in [7, 11) is 0. The summed E-state index contributed by atoms with van der Waals surface area (Å²) in [6.45, 7) is 4.56. The van der Waals surface area contributed by atoms with Crippen LogP contribution in [0.3, 0.4) is 0 Å². The lowest BCUT2D eigenvalue weighted by Gasteiger charge is -2.26.